The zero-order valence-electron chi connectivity index (χ0n) is 8.62. The Morgan fingerprint density at radius 2 is 2.53 bits per heavy atom. The molecule has 86 valence electrons. The van der Waals surface area contributed by atoms with Crippen LogP contribution in [0.15, 0.2) is 23.1 Å². The van der Waals surface area contributed by atoms with Crippen molar-refractivity contribution in [3.63, 3.8) is 0 Å². The molecule has 2 heterocycles. The van der Waals surface area contributed by atoms with Crippen LogP contribution in [0.3, 0.4) is 0 Å². The lowest BCUT2D eigenvalue weighted by Gasteiger charge is -2.00. The minimum absolute atomic E-state index is 0.0568. The second-order valence-corrected chi connectivity index (χ2v) is 3.11. The summed E-state index contributed by atoms with van der Waals surface area (Å²) in [6, 6.07) is 3.30. The Morgan fingerprint density at radius 3 is 3.18 bits per heavy atom. The third kappa shape index (κ3) is 2.14. The first kappa shape index (κ1) is 10.8. The number of nitrogens with one attached hydrogen (secondary N) is 1. The molecule has 8 nitrogen and oxygen atoms in total. The average Bonchev–Trinajstić information content (AvgIpc) is 2.97. The molecule has 0 spiro atoms. The van der Waals surface area contributed by atoms with Gasteiger partial charge in [-0.25, -0.2) is 15.5 Å². The van der Waals surface area contributed by atoms with E-state index in [9.17, 15) is 4.79 Å². The van der Waals surface area contributed by atoms with Crippen molar-refractivity contribution in [2.24, 2.45) is 5.84 Å². The van der Waals surface area contributed by atoms with Crippen molar-refractivity contribution >= 4 is 5.91 Å². The van der Waals surface area contributed by atoms with Crippen LogP contribution in [0.25, 0.3) is 0 Å². The summed E-state index contributed by atoms with van der Waals surface area (Å²) in [6.07, 6.45) is 2.76. The number of furan rings is 1. The lowest BCUT2D eigenvalue weighted by Crippen LogP contribution is -2.30. The third-order valence-electron chi connectivity index (χ3n) is 2.06. The molecular weight excluding hydrogens is 224 g/mol. The Labute approximate surface area is 95.6 Å². The molecule has 0 unspecified atom stereocenters. The van der Waals surface area contributed by atoms with E-state index in [1.165, 1.54) is 23.3 Å². The standard InChI is InChI=1S/C9H8N6O2/c10-3-8-12-5-15(14-8)4-7-6(1-2-17-7)9(16)13-11/h1-2,5H,4,11H2,(H,13,16). The van der Waals surface area contributed by atoms with Gasteiger partial charge in [0.2, 0.25) is 0 Å². The van der Waals surface area contributed by atoms with Crippen molar-refractivity contribution < 1.29 is 9.21 Å². The number of aromatic nitrogens is 3. The fourth-order valence-corrected chi connectivity index (χ4v) is 1.31. The van der Waals surface area contributed by atoms with Crippen LogP contribution in [0.2, 0.25) is 0 Å². The topological polar surface area (TPSA) is 123 Å². The van der Waals surface area contributed by atoms with Gasteiger partial charge >= 0.3 is 0 Å². The Morgan fingerprint density at radius 1 is 1.71 bits per heavy atom. The SMILES string of the molecule is N#Cc1ncn(Cc2occc2C(=O)NN)n1. The number of carbonyl (C=O) groups is 1. The van der Waals surface area contributed by atoms with Gasteiger partial charge in [-0.05, 0) is 6.07 Å². The van der Waals surface area contributed by atoms with Crippen molar-refractivity contribution in [1.29, 1.82) is 5.26 Å². The van der Waals surface area contributed by atoms with Gasteiger partial charge in [0.25, 0.3) is 11.7 Å². The third-order valence-corrected chi connectivity index (χ3v) is 2.06. The van der Waals surface area contributed by atoms with Gasteiger partial charge in [0, 0.05) is 0 Å². The number of nitriles is 1. The molecule has 2 aromatic heterocycles. The first-order valence-electron chi connectivity index (χ1n) is 4.61. The molecular formula is C9H8N6O2. The number of hydrazine groups is 1. The Bertz CT molecular complexity index is 578. The van der Waals surface area contributed by atoms with E-state index in [0.717, 1.165) is 0 Å². The summed E-state index contributed by atoms with van der Waals surface area (Å²) < 4.78 is 6.54. The van der Waals surface area contributed by atoms with E-state index in [2.05, 4.69) is 10.1 Å². The van der Waals surface area contributed by atoms with Gasteiger partial charge in [0.15, 0.2) is 0 Å². The number of carbonyl (C=O) groups excluding carboxylic acids is 1. The molecule has 0 aliphatic carbocycles. The van der Waals surface area contributed by atoms with Crippen LogP contribution >= 0.6 is 0 Å². The van der Waals surface area contributed by atoms with Crippen molar-refractivity contribution in [3.05, 3.63) is 35.8 Å². The molecule has 0 aliphatic heterocycles. The number of amides is 1. The fourth-order valence-electron chi connectivity index (χ4n) is 1.31. The quantitative estimate of drug-likeness (QED) is 0.413. The number of hydrogen-bond donors (Lipinski definition) is 2. The van der Waals surface area contributed by atoms with Crippen molar-refractivity contribution in [1.82, 2.24) is 20.2 Å². The van der Waals surface area contributed by atoms with Gasteiger partial charge in [-0.1, -0.05) is 0 Å². The smallest absolute Gasteiger partial charge is 0.268 e. The molecule has 2 rings (SSSR count). The van der Waals surface area contributed by atoms with Gasteiger partial charge < -0.3 is 4.42 Å². The molecule has 1 amide bonds. The van der Waals surface area contributed by atoms with Gasteiger partial charge in [0.1, 0.15) is 24.7 Å². The van der Waals surface area contributed by atoms with Crippen LogP contribution < -0.4 is 11.3 Å². The van der Waals surface area contributed by atoms with Gasteiger partial charge in [0.05, 0.1) is 11.8 Å². The monoisotopic (exact) mass is 232 g/mol. The molecule has 0 atom stereocenters. The molecule has 0 saturated heterocycles. The first-order chi connectivity index (χ1) is 8.24. The highest BCUT2D eigenvalue weighted by molar-refractivity contribution is 5.94. The number of nitrogens with two attached hydrogens (primary N) is 1. The molecule has 0 radical (unpaired) electrons. The Balaban J connectivity index is 2.22. The normalized spacial score (nSPS) is 9.88. The number of rotatable bonds is 3. The zero-order chi connectivity index (χ0) is 12.3. The predicted molar refractivity (Wildman–Crippen MR) is 54.2 cm³/mol. The van der Waals surface area contributed by atoms with E-state index in [0.29, 0.717) is 11.3 Å². The molecule has 3 N–H and O–H groups in total. The van der Waals surface area contributed by atoms with Crippen LogP contribution in [-0.4, -0.2) is 20.7 Å². The van der Waals surface area contributed by atoms with E-state index in [1.54, 1.807) is 6.07 Å². The van der Waals surface area contributed by atoms with Crippen LogP contribution in [-0.2, 0) is 6.54 Å². The highest BCUT2D eigenvalue weighted by atomic mass is 16.3. The molecule has 0 saturated carbocycles. The van der Waals surface area contributed by atoms with Crippen molar-refractivity contribution in [2.45, 2.75) is 6.54 Å². The van der Waals surface area contributed by atoms with Crippen molar-refractivity contribution in [3.8, 4) is 6.07 Å². The van der Waals surface area contributed by atoms with E-state index >= 15 is 0 Å². The molecule has 17 heavy (non-hydrogen) atoms. The first-order valence-corrected chi connectivity index (χ1v) is 4.61. The molecule has 0 aliphatic rings. The highest BCUT2D eigenvalue weighted by Crippen LogP contribution is 2.11. The summed E-state index contributed by atoms with van der Waals surface area (Å²) in [7, 11) is 0. The summed E-state index contributed by atoms with van der Waals surface area (Å²) in [4.78, 5) is 15.1. The zero-order valence-corrected chi connectivity index (χ0v) is 8.62. The largest absolute Gasteiger partial charge is 0.467 e. The van der Waals surface area contributed by atoms with Gasteiger partial charge in [-0.3, -0.25) is 10.2 Å². The maximum atomic E-state index is 11.4. The maximum absolute atomic E-state index is 11.4. The lowest BCUT2D eigenvalue weighted by molar-refractivity contribution is 0.0951. The Hall–Kier alpha value is -2.66. The van der Waals surface area contributed by atoms with Crippen LogP contribution in [0.1, 0.15) is 21.9 Å². The molecule has 8 heteroatoms. The summed E-state index contributed by atoms with van der Waals surface area (Å²) in [5.41, 5.74) is 2.33. The predicted octanol–water partition coefficient (Wildman–Crippen LogP) is -0.605. The fraction of sp³-hybridized carbons (Fsp3) is 0.111. The Kier molecular flexibility index (Phi) is 2.85. The minimum atomic E-state index is -0.450. The number of nitrogens with zero attached hydrogens (tertiary/aromatic N) is 4. The second kappa shape index (κ2) is 4.46. The van der Waals surface area contributed by atoms with Gasteiger partial charge in [-0.15, -0.1) is 5.10 Å². The summed E-state index contributed by atoms with van der Waals surface area (Å²) in [5.74, 6) is 5.03. The molecule has 0 aromatic carbocycles. The number of hydrogen-bond acceptors (Lipinski definition) is 6. The van der Waals surface area contributed by atoms with Crippen LogP contribution in [0, 0.1) is 11.3 Å². The minimum Gasteiger partial charge on any atom is -0.467 e. The summed E-state index contributed by atoms with van der Waals surface area (Å²) >= 11 is 0. The van der Waals surface area contributed by atoms with E-state index in [4.69, 9.17) is 15.5 Å². The van der Waals surface area contributed by atoms with Gasteiger partial charge in [-0.2, -0.15) is 5.26 Å². The molecule has 2 aromatic rings. The van der Waals surface area contributed by atoms with E-state index in [1.807, 2.05) is 5.43 Å². The summed E-state index contributed by atoms with van der Waals surface area (Å²) in [5, 5.41) is 12.4. The summed E-state index contributed by atoms with van der Waals surface area (Å²) in [6.45, 7) is 0.199. The maximum Gasteiger partial charge on any atom is 0.268 e. The average molecular weight is 232 g/mol. The second-order valence-electron chi connectivity index (χ2n) is 3.11. The van der Waals surface area contributed by atoms with Crippen LogP contribution in [0.4, 0.5) is 0 Å². The van der Waals surface area contributed by atoms with Crippen LogP contribution in [0.5, 0.6) is 0 Å². The van der Waals surface area contributed by atoms with E-state index < -0.39 is 5.91 Å². The molecule has 0 fully saturated rings. The lowest BCUT2D eigenvalue weighted by atomic mass is 10.2. The molecule has 0 bridgehead atoms. The number of nitrogen functional groups attached to an aromatic ring is 1. The van der Waals surface area contributed by atoms with E-state index in [-0.39, 0.29) is 12.4 Å². The van der Waals surface area contributed by atoms with Crippen molar-refractivity contribution in [2.75, 3.05) is 0 Å². The highest BCUT2D eigenvalue weighted by Gasteiger charge is 2.14.